The van der Waals surface area contributed by atoms with E-state index in [4.69, 9.17) is 21.9 Å². The van der Waals surface area contributed by atoms with Crippen LogP contribution >= 0.6 is 11.6 Å². The monoisotopic (exact) mass is 453 g/mol. The molecule has 3 aromatic rings. The van der Waals surface area contributed by atoms with Gasteiger partial charge in [-0.1, -0.05) is 28.9 Å². The van der Waals surface area contributed by atoms with Gasteiger partial charge in [-0.25, -0.2) is 4.98 Å². The molecule has 8 nitrogen and oxygen atoms in total. The third-order valence-electron chi connectivity index (χ3n) is 5.13. The van der Waals surface area contributed by atoms with Crippen molar-refractivity contribution < 1.29 is 17.7 Å². The largest absolute Gasteiger partial charge is 0.416 e. The summed E-state index contributed by atoms with van der Waals surface area (Å²) in [5.74, 6) is 1.24. The number of anilines is 2. The van der Waals surface area contributed by atoms with Crippen LogP contribution in [0.4, 0.5) is 24.9 Å². The van der Waals surface area contributed by atoms with Gasteiger partial charge in [-0.15, -0.1) is 0 Å². The summed E-state index contributed by atoms with van der Waals surface area (Å²) in [6.07, 6.45) is -4.44. The summed E-state index contributed by atoms with van der Waals surface area (Å²) in [5, 5.41) is 4.16. The van der Waals surface area contributed by atoms with Gasteiger partial charge in [0.1, 0.15) is 11.0 Å². The van der Waals surface area contributed by atoms with E-state index in [1.165, 1.54) is 12.1 Å². The maximum Gasteiger partial charge on any atom is 0.416 e. The second kappa shape index (κ2) is 8.31. The first kappa shape index (κ1) is 21.3. The van der Waals surface area contributed by atoms with E-state index in [1.807, 2.05) is 6.92 Å². The number of nitrogen functional groups attached to an aromatic ring is 1. The van der Waals surface area contributed by atoms with Crippen molar-refractivity contribution >= 4 is 23.4 Å². The lowest BCUT2D eigenvalue weighted by atomic mass is 10.1. The molecule has 0 bridgehead atoms. The zero-order valence-corrected chi connectivity index (χ0v) is 17.2. The lowest BCUT2D eigenvalue weighted by molar-refractivity contribution is -0.137. The average Bonchev–Trinajstić information content (AvgIpc) is 3.22. The van der Waals surface area contributed by atoms with Gasteiger partial charge in [0.15, 0.2) is 0 Å². The third kappa shape index (κ3) is 4.72. The van der Waals surface area contributed by atoms with Crippen molar-refractivity contribution in [3.8, 4) is 11.4 Å². The number of piperazine rings is 1. The van der Waals surface area contributed by atoms with Gasteiger partial charge in [0.25, 0.3) is 0 Å². The Morgan fingerprint density at radius 2 is 1.84 bits per heavy atom. The Kier molecular flexibility index (Phi) is 5.71. The van der Waals surface area contributed by atoms with Crippen molar-refractivity contribution in [2.45, 2.75) is 19.1 Å². The van der Waals surface area contributed by atoms with E-state index < -0.39 is 11.7 Å². The van der Waals surface area contributed by atoms with E-state index in [0.29, 0.717) is 37.9 Å². The minimum absolute atomic E-state index is 0.117. The predicted octanol–water partition coefficient (Wildman–Crippen LogP) is 3.66. The standard InChI is InChI=1S/C19H19ClF3N7O/c1-11(29-5-7-30(8-6-29)15-10-14(20)25-18(24)26-15)17-27-16(28-31-17)12-3-2-4-13(9-12)19(21,22)23/h2-4,9-11H,5-8H2,1H3,(H2,24,25,26). The smallest absolute Gasteiger partial charge is 0.368 e. The quantitative estimate of drug-likeness (QED) is 0.598. The number of benzene rings is 1. The number of nitrogens with two attached hydrogens (primary N) is 1. The first-order valence-electron chi connectivity index (χ1n) is 9.51. The summed E-state index contributed by atoms with van der Waals surface area (Å²) in [7, 11) is 0. The van der Waals surface area contributed by atoms with Crippen molar-refractivity contribution in [2.24, 2.45) is 0 Å². The Bertz CT molecular complexity index is 1050. The molecule has 0 saturated carbocycles. The number of aromatic nitrogens is 4. The molecule has 0 aliphatic carbocycles. The van der Waals surface area contributed by atoms with Gasteiger partial charge in [-0.05, 0) is 19.1 Å². The maximum absolute atomic E-state index is 13.0. The van der Waals surface area contributed by atoms with Gasteiger partial charge in [0.05, 0.1) is 11.6 Å². The Hall–Kier alpha value is -2.92. The van der Waals surface area contributed by atoms with Crippen LogP contribution in [0, 0.1) is 0 Å². The molecule has 1 aliphatic heterocycles. The number of hydrogen-bond acceptors (Lipinski definition) is 8. The fraction of sp³-hybridized carbons (Fsp3) is 0.368. The number of rotatable bonds is 4. The number of hydrogen-bond donors (Lipinski definition) is 1. The molecule has 1 aromatic carbocycles. The summed E-state index contributed by atoms with van der Waals surface area (Å²) in [6, 6.07) is 6.32. The molecule has 1 fully saturated rings. The lowest BCUT2D eigenvalue weighted by Gasteiger charge is -2.37. The average molecular weight is 454 g/mol. The summed E-state index contributed by atoms with van der Waals surface area (Å²) in [4.78, 5) is 16.6. The molecule has 1 saturated heterocycles. The van der Waals surface area contributed by atoms with Gasteiger partial charge in [0, 0.05) is 37.8 Å². The number of halogens is 4. The van der Waals surface area contributed by atoms with Crippen molar-refractivity contribution in [3.63, 3.8) is 0 Å². The Morgan fingerprint density at radius 3 is 2.52 bits per heavy atom. The fourth-order valence-corrected chi connectivity index (χ4v) is 3.62. The van der Waals surface area contributed by atoms with Gasteiger partial charge < -0.3 is 15.2 Å². The van der Waals surface area contributed by atoms with Crippen LogP contribution in [0.5, 0.6) is 0 Å². The minimum atomic E-state index is -4.44. The highest BCUT2D eigenvalue weighted by Gasteiger charge is 2.31. The van der Waals surface area contributed by atoms with E-state index in [9.17, 15) is 13.2 Å². The van der Waals surface area contributed by atoms with Crippen molar-refractivity contribution in [1.29, 1.82) is 0 Å². The summed E-state index contributed by atoms with van der Waals surface area (Å²) in [5.41, 5.74) is 5.16. The first-order chi connectivity index (χ1) is 14.7. The molecule has 2 N–H and O–H groups in total. The molecule has 1 atom stereocenters. The highest BCUT2D eigenvalue weighted by molar-refractivity contribution is 6.29. The topological polar surface area (TPSA) is 97.2 Å². The van der Waals surface area contributed by atoms with E-state index in [0.717, 1.165) is 12.1 Å². The zero-order chi connectivity index (χ0) is 22.2. The number of alkyl halides is 3. The third-order valence-corrected chi connectivity index (χ3v) is 5.33. The molecule has 0 spiro atoms. The minimum Gasteiger partial charge on any atom is -0.368 e. The molecule has 4 rings (SSSR count). The Labute approximate surface area is 180 Å². The molecule has 164 valence electrons. The second-order valence-corrected chi connectivity index (χ2v) is 7.53. The summed E-state index contributed by atoms with van der Waals surface area (Å²) in [6.45, 7) is 4.63. The van der Waals surface area contributed by atoms with Crippen LogP contribution < -0.4 is 10.6 Å². The molecule has 1 aliphatic rings. The molecule has 31 heavy (non-hydrogen) atoms. The molecule has 12 heteroatoms. The van der Waals surface area contributed by atoms with Gasteiger partial charge in [0.2, 0.25) is 17.7 Å². The first-order valence-corrected chi connectivity index (χ1v) is 9.89. The SMILES string of the molecule is CC(c1nc(-c2cccc(C(F)(F)F)c2)no1)N1CCN(c2cc(Cl)nc(N)n2)CC1. The molecule has 0 amide bonds. The Balaban J connectivity index is 1.43. The van der Waals surface area contributed by atoms with Crippen LogP contribution in [0.1, 0.15) is 24.4 Å². The van der Waals surface area contributed by atoms with Crippen molar-refractivity contribution in [1.82, 2.24) is 25.0 Å². The predicted molar refractivity (Wildman–Crippen MR) is 108 cm³/mol. The van der Waals surface area contributed by atoms with Gasteiger partial charge in [-0.3, -0.25) is 4.90 Å². The summed E-state index contributed by atoms with van der Waals surface area (Å²) >= 11 is 5.96. The fourth-order valence-electron chi connectivity index (χ4n) is 3.44. The van der Waals surface area contributed by atoms with Crippen LogP contribution in [0.15, 0.2) is 34.9 Å². The van der Waals surface area contributed by atoms with Crippen molar-refractivity contribution in [3.05, 3.63) is 46.9 Å². The number of nitrogens with zero attached hydrogens (tertiary/aromatic N) is 6. The maximum atomic E-state index is 13.0. The highest BCUT2D eigenvalue weighted by atomic mass is 35.5. The van der Waals surface area contributed by atoms with Crippen LogP contribution in [-0.4, -0.2) is 51.2 Å². The molecular weight excluding hydrogens is 435 g/mol. The van der Waals surface area contributed by atoms with E-state index >= 15 is 0 Å². The van der Waals surface area contributed by atoms with Crippen molar-refractivity contribution in [2.75, 3.05) is 36.8 Å². The second-order valence-electron chi connectivity index (χ2n) is 7.14. The zero-order valence-electron chi connectivity index (χ0n) is 16.5. The normalized spacial score (nSPS) is 16.5. The van der Waals surface area contributed by atoms with Crippen LogP contribution in [0.3, 0.4) is 0 Å². The summed E-state index contributed by atoms with van der Waals surface area (Å²) < 4.78 is 44.2. The lowest BCUT2D eigenvalue weighted by Crippen LogP contribution is -2.47. The molecular formula is C19H19ClF3N7O. The van der Waals surface area contributed by atoms with Crippen LogP contribution in [0.25, 0.3) is 11.4 Å². The molecule has 3 heterocycles. The van der Waals surface area contributed by atoms with Gasteiger partial charge in [-0.2, -0.15) is 23.1 Å². The molecule has 2 aromatic heterocycles. The van der Waals surface area contributed by atoms with E-state index in [-0.39, 0.29) is 28.5 Å². The Morgan fingerprint density at radius 1 is 1.10 bits per heavy atom. The molecule has 1 unspecified atom stereocenters. The molecule has 0 radical (unpaired) electrons. The van der Waals surface area contributed by atoms with Crippen LogP contribution in [-0.2, 0) is 6.18 Å². The van der Waals surface area contributed by atoms with Crippen LogP contribution in [0.2, 0.25) is 5.15 Å². The van der Waals surface area contributed by atoms with E-state index in [2.05, 4.69) is 29.9 Å². The van der Waals surface area contributed by atoms with Gasteiger partial charge >= 0.3 is 6.18 Å². The van der Waals surface area contributed by atoms with E-state index in [1.54, 1.807) is 6.07 Å². The highest BCUT2D eigenvalue weighted by Crippen LogP contribution is 2.32.